The van der Waals surface area contributed by atoms with Crippen LogP contribution in [0.3, 0.4) is 0 Å². The van der Waals surface area contributed by atoms with E-state index in [0.29, 0.717) is 31.0 Å². The van der Waals surface area contributed by atoms with Crippen molar-refractivity contribution in [3.8, 4) is 11.6 Å². The van der Waals surface area contributed by atoms with Crippen molar-refractivity contribution in [2.75, 3.05) is 24.5 Å². The third-order valence-corrected chi connectivity index (χ3v) is 5.98. The Labute approximate surface area is 192 Å². The maximum absolute atomic E-state index is 14.0. The highest BCUT2D eigenvalue weighted by atomic mass is 79.9. The van der Waals surface area contributed by atoms with Crippen molar-refractivity contribution >= 4 is 39.3 Å². The number of nitrogens with zero attached hydrogens (tertiary/aromatic N) is 4. The lowest BCUT2D eigenvalue weighted by molar-refractivity contribution is 0.0672. The van der Waals surface area contributed by atoms with Crippen molar-refractivity contribution in [1.82, 2.24) is 14.9 Å². The molecule has 2 aromatic carbocycles. The highest BCUT2D eigenvalue weighted by molar-refractivity contribution is 9.10. The Morgan fingerprint density at radius 1 is 1.19 bits per heavy atom. The van der Waals surface area contributed by atoms with Crippen LogP contribution in [-0.4, -0.2) is 46.5 Å². The zero-order valence-electron chi connectivity index (χ0n) is 16.6. The van der Waals surface area contributed by atoms with Crippen LogP contribution in [-0.2, 0) is 0 Å². The third-order valence-electron chi connectivity index (χ3n) is 5.05. The largest absolute Gasteiger partial charge is 0.436 e. The lowest BCUT2D eigenvalue weighted by Gasteiger charge is -2.40. The second-order valence-corrected chi connectivity index (χ2v) is 8.46. The fraction of sp³-hybridized carbons (Fsp3) is 0.227. The lowest BCUT2D eigenvalue weighted by Crippen LogP contribution is -2.54. The molecule has 31 heavy (non-hydrogen) atoms. The molecule has 1 unspecified atom stereocenters. The van der Waals surface area contributed by atoms with E-state index in [1.54, 1.807) is 12.1 Å². The number of aromatic nitrogens is 2. The van der Waals surface area contributed by atoms with Gasteiger partial charge in [-0.1, -0.05) is 23.7 Å². The molecule has 1 fully saturated rings. The summed E-state index contributed by atoms with van der Waals surface area (Å²) in [7, 11) is 0. The third kappa shape index (κ3) is 4.80. The van der Waals surface area contributed by atoms with Crippen molar-refractivity contribution in [2.45, 2.75) is 13.0 Å². The van der Waals surface area contributed by atoms with Crippen molar-refractivity contribution in [3.63, 3.8) is 0 Å². The summed E-state index contributed by atoms with van der Waals surface area (Å²) in [6.45, 7) is 3.75. The molecule has 0 spiro atoms. The molecular formula is C22H19BrClFN4O2. The van der Waals surface area contributed by atoms with Gasteiger partial charge in [0.15, 0.2) is 11.6 Å². The molecule has 2 heterocycles. The zero-order valence-corrected chi connectivity index (χ0v) is 19.0. The van der Waals surface area contributed by atoms with Gasteiger partial charge in [0.05, 0.1) is 5.56 Å². The Kier molecular flexibility index (Phi) is 6.38. The quantitative estimate of drug-likeness (QED) is 0.489. The van der Waals surface area contributed by atoms with E-state index >= 15 is 0 Å². The highest BCUT2D eigenvalue weighted by Gasteiger charge is 2.29. The van der Waals surface area contributed by atoms with Gasteiger partial charge in [-0.3, -0.25) is 4.79 Å². The Bertz CT molecular complexity index is 1120. The van der Waals surface area contributed by atoms with E-state index in [4.69, 9.17) is 16.3 Å². The van der Waals surface area contributed by atoms with Crippen molar-refractivity contribution in [1.29, 1.82) is 0 Å². The van der Waals surface area contributed by atoms with Crippen LogP contribution in [0.5, 0.6) is 11.6 Å². The number of halogens is 3. The van der Waals surface area contributed by atoms with Crippen LogP contribution in [0.2, 0.25) is 5.02 Å². The molecule has 1 aliphatic heterocycles. The van der Waals surface area contributed by atoms with Crippen molar-refractivity contribution < 1.29 is 13.9 Å². The summed E-state index contributed by atoms with van der Waals surface area (Å²) in [5.41, 5.74) is 0.644. The summed E-state index contributed by atoms with van der Waals surface area (Å²) in [6, 6.07) is 13.2. The van der Waals surface area contributed by atoms with Crippen LogP contribution in [0.4, 0.5) is 10.2 Å². The summed E-state index contributed by atoms with van der Waals surface area (Å²) in [5, 5.41) is 0.289. The number of carbonyl (C=O) groups excluding carboxylic acids is 1. The molecule has 1 atom stereocenters. The summed E-state index contributed by atoms with van der Waals surface area (Å²) < 4.78 is 20.4. The number of rotatable bonds is 4. The zero-order chi connectivity index (χ0) is 22.0. The average Bonchev–Trinajstić information content (AvgIpc) is 2.76. The van der Waals surface area contributed by atoms with Crippen molar-refractivity contribution in [2.24, 2.45) is 0 Å². The summed E-state index contributed by atoms with van der Waals surface area (Å²) >= 11 is 9.24. The van der Waals surface area contributed by atoms with Gasteiger partial charge in [0, 0.05) is 41.2 Å². The normalized spacial score (nSPS) is 16.3. The number of amides is 1. The topological polar surface area (TPSA) is 58.6 Å². The van der Waals surface area contributed by atoms with E-state index in [9.17, 15) is 9.18 Å². The van der Waals surface area contributed by atoms with Crippen LogP contribution < -0.4 is 9.64 Å². The van der Waals surface area contributed by atoms with Gasteiger partial charge in [-0.25, -0.2) is 14.4 Å². The monoisotopic (exact) mass is 504 g/mol. The Morgan fingerprint density at radius 2 is 2.00 bits per heavy atom. The summed E-state index contributed by atoms with van der Waals surface area (Å²) in [4.78, 5) is 25.3. The predicted octanol–water partition coefficient (Wildman–Crippen LogP) is 5.17. The smallest absolute Gasteiger partial charge is 0.255 e. The molecule has 160 valence electrons. The van der Waals surface area contributed by atoms with Gasteiger partial charge in [0.2, 0.25) is 5.88 Å². The van der Waals surface area contributed by atoms with Gasteiger partial charge < -0.3 is 14.5 Å². The first-order valence-corrected chi connectivity index (χ1v) is 10.8. The minimum Gasteiger partial charge on any atom is -0.436 e. The van der Waals surface area contributed by atoms with Crippen LogP contribution >= 0.6 is 27.5 Å². The molecule has 1 saturated heterocycles. The fourth-order valence-electron chi connectivity index (χ4n) is 3.49. The van der Waals surface area contributed by atoms with E-state index in [-0.39, 0.29) is 28.6 Å². The number of ether oxygens (including phenoxy) is 1. The Morgan fingerprint density at radius 3 is 2.74 bits per heavy atom. The second kappa shape index (κ2) is 9.20. The minimum absolute atomic E-state index is 0.00968. The molecule has 0 aliphatic carbocycles. The molecule has 1 aliphatic rings. The standard InChI is InChI=1S/C22H19BrClFN4O2/c1-14-12-28(8-9-29(14)22(30)16-4-2-3-5-17(16)23)20-11-21(27-13-26-20)31-19-7-6-15(24)10-18(19)25/h2-7,10-11,13-14H,8-9,12H2,1H3. The van der Waals surface area contributed by atoms with Crippen LogP contribution in [0.1, 0.15) is 17.3 Å². The van der Waals surface area contributed by atoms with E-state index in [2.05, 4.69) is 30.8 Å². The molecule has 1 amide bonds. The number of carbonyl (C=O) groups is 1. The average molecular weight is 506 g/mol. The molecule has 1 aromatic heterocycles. The van der Waals surface area contributed by atoms with Gasteiger partial charge >= 0.3 is 0 Å². The first-order chi connectivity index (χ1) is 14.9. The van der Waals surface area contributed by atoms with Gasteiger partial charge in [-0.15, -0.1) is 0 Å². The Hall–Kier alpha value is -2.71. The maximum atomic E-state index is 14.0. The van der Waals surface area contributed by atoms with E-state index in [1.165, 1.54) is 18.5 Å². The van der Waals surface area contributed by atoms with Crippen LogP contribution in [0.15, 0.2) is 59.3 Å². The number of anilines is 1. The molecule has 0 saturated carbocycles. The Balaban J connectivity index is 1.46. The highest BCUT2D eigenvalue weighted by Crippen LogP contribution is 2.28. The van der Waals surface area contributed by atoms with E-state index in [0.717, 1.165) is 4.47 Å². The number of piperazine rings is 1. The molecule has 0 bridgehead atoms. The molecule has 9 heteroatoms. The van der Waals surface area contributed by atoms with Crippen LogP contribution in [0.25, 0.3) is 0 Å². The van der Waals surface area contributed by atoms with Gasteiger partial charge in [-0.05, 0) is 53.2 Å². The van der Waals surface area contributed by atoms with E-state index in [1.807, 2.05) is 36.1 Å². The molecular weight excluding hydrogens is 487 g/mol. The fourth-order valence-corrected chi connectivity index (χ4v) is 4.10. The second-order valence-electron chi connectivity index (χ2n) is 7.16. The van der Waals surface area contributed by atoms with Gasteiger partial charge in [-0.2, -0.15) is 0 Å². The number of benzene rings is 2. The summed E-state index contributed by atoms with van der Waals surface area (Å²) in [6.07, 6.45) is 1.38. The number of hydrogen-bond donors (Lipinski definition) is 0. The maximum Gasteiger partial charge on any atom is 0.255 e. The molecule has 0 radical (unpaired) electrons. The molecule has 6 nitrogen and oxygen atoms in total. The van der Waals surface area contributed by atoms with Gasteiger partial charge in [0.25, 0.3) is 5.91 Å². The molecule has 4 rings (SSSR count). The predicted molar refractivity (Wildman–Crippen MR) is 120 cm³/mol. The van der Waals surface area contributed by atoms with Crippen LogP contribution in [0, 0.1) is 5.82 Å². The first-order valence-electron chi connectivity index (χ1n) is 9.68. The SMILES string of the molecule is CC1CN(c2cc(Oc3ccc(Cl)cc3F)ncn2)CCN1C(=O)c1ccccc1Br. The lowest BCUT2D eigenvalue weighted by atomic mass is 10.1. The van der Waals surface area contributed by atoms with Gasteiger partial charge in [0.1, 0.15) is 12.1 Å². The minimum atomic E-state index is -0.569. The number of hydrogen-bond acceptors (Lipinski definition) is 5. The molecule has 3 aromatic rings. The van der Waals surface area contributed by atoms with E-state index < -0.39 is 5.82 Å². The molecule has 0 N–H and O–H groups in total. The first kappa shape index (κ1) is 21.5. The summed E-state index contributed by atoms with van der Waals surface area (Å²) in [5.74, 6) is 0.334. The van der Waals surface area contributed by atoms with Crippen molar-refractivity contribution in [3.05, 3.63) is 75.7 Å².